The van der Waals surface area contributed by atoms with Gasteiger partial charge in [0.25, 0.3) is 11.8 Å². The molecule has 4 aliphatic heterocycles. The molecule has 388 valence electrons. The Morgan fingerprint density at radius 1 is 0.556 bits per heavy atom. The minimum atomic E-state index is -0.145. The fourth-order valence-corrected chi connectivity index (χ4v) is 8.28. The Hall–Kier alpha value is -6.19. The van der Waals surface area contributed by atoms with Crippen molar-refractivity contribution in [1.82, 2.24) is 9.80 Å². The molecule has 19 heteroatoms. The van der Waals surface area contributed by atoms with Crippen molar-refractivity contribution in [2.75, 3.05) is 126 Å². The fraction of sp³-hybridized carbons (Fsp3) is 0.491. The lowest BCUT2D eigenvalue weighted by atomic mass is 10.1. The minimum absolute atomic E-state index is 0.125. The van der Waals surface area contributed by atoms with Gasteiger partial charge in [0.15, 0.2) is 23.0 Å². The maximum absolute atomic E-state index is 13.6. The van der Waals surface area contributed by atoms with E-state index in [1.165, 1.54) is 14.2 Å². The van der Waals surface area contributed by atoms with E-state index < -0.39 is 0 Å². The molecule has 0 spiro atoms. The summed E-state index contributed by atoms with van der Waals surface area (Å²) in [5, 5.41) is 4.21. The zero-order valence-electron chi connectivity index (χ0n) is 41.6. The zero-order chi connectivity index (χ0) is 50.5. The quantitative estimate of drug-likeness (QED) is 0.0293. The number of ether oxygens (including phenoxy) is 11. The summed E-state index contributed by atoms with van der Waals surface area (Å²) in [6, 6.07) is 12.3. The van der Waals surface area contributed by atoms with Crippen molar-refractivity contribution in [3.05, 3.63) is 94.6 Å². The number of carbonyl (C=O) groups is 2. The molecule has 0 radical (unpaired) electrons. The van der Waals surface area contributed by atoms with Crippen molar-refractivity contribution >= 4 is 41.8 Å². The maximum atomic E-state index is 13.6. The van der Waals surface area contributed by atoms with Gasteiger partial charge >= 0.3 is 0 Å². The van der Waals surface area contributed by atoms with Gasteiger partial charge in [-0.25, -0.2) is 0 Å². The SMILES string of the molecule is C=C1C[C@H]2C=Nc3cc(OCc4cc(/C=N/OCCOCCOCCOCCOCCOCCOCCOCC)cc(COc5cc6c(cc5OC)C(=O)N5CC(=C)C[C@H]5C=N6)c4)c(OC)cc3C(=O)N2C1. The van der Waals surface area contributed by atoms with Crippen LogP contribution in [0.1, 0.15) is 57.2 Å². The normalized spacial score (nSPS) is 17.0. The summed E-state index contributed by atoms with van der Waals surface area (Å²) in [7, 11) is 3.06. The second kappa shape index (κ2) is 28.2. The highest BCUT2D eigenvalue weighted by molar-refractivity contribution is 6.04. The molecule has 3 aromatic carbocycles. The molecular formula is C53H67N5O14. The molecule has 7 rings (SSSR count). The van der Waals surface area contributed by atoms with Crippen LogP contribution in [-0.4, -0.2) is 179 Å². The molecule has 2 fully saturated rings. The standard InChI is InChI=1S/C53H67N5O14/c1-6-63-7-8-64-9-10-65-11-12-66-13-14-67-15-16-68-17-18-69-19-20-72-56-30-39-23-40(35-70-50-28-46-44(26-48(50)61-4)52(59)57-33-37(2)21-42(57)31-54-46)25-41(24-39)36-71-51-29-47-45(27-49(51)62-5)53(60)58-34-38(3)22-43(58)32-55-47/h23-32,42-43H,2-3,6-22,33-36H2,1,4-5H3/b56-30+/t42-,43-/m0/s1. The van der Waals surface area contributed by atoms with Gasteiger partial charge in [-0.15, -0.1) is 0 Å². The first-order chi connectivity index (χ1) is 35.2. The van der Waals surface area contributed by atoms with Crippen LogP contribution in [0.25, 0.3) is 0 Å². The number of hydrogen-bond acceptors (Lipinski definition) is 17. The van der Waals surface area contributed by atoms with Gasteiger partial charge in [0, 0.05) is 44.3 Å². The minimum Gasteiger partial charge on any atom is -0.493 e. The number of carbonyl (C=O) groups excluding carboxylic acids is 2. The smallest absolute Gasteiger partial charge is 0.257 e. The number of fused-ring (bicyclic) bond motifs is 4. The van der Waals surface area contributed by atoms with E-state index in [4.69, 9.17) is 56.9 Å². The number of methoxy groups -OCH3 is 2. The lowest BCUT2D eigenvalue weighted by Crippen LogP contribution is -2.35. The fourth-order valence-electron chi connectivity index (χ4n) is 8.28. The number of hydrogen-bond donors (Lipinski definition) is 0. The number of amides is 2. The Kier molecular flexibility index (Phi) is 21.0. The van der Waals surface area contributed by atoms with E-state index in [1.807, 2.05) is 25.1 Å². The van der Waals surface area contributed by atoms with Crippen LogP contribution in [0.15, 0.2) is 81.9 Å². The van der Waals surface area contributed by atoms with Crippen LogP contribution in [0.3, 0.4) is 0 Å². The Morgan fingerprint density at radius 2 is 0.958 bits per heavy atom. The molecule has 72 heavy (non-hydrogen) atoms. The molecule has 2 atom stereocenters. The zero-order valence-corrected chi connectivity index (χ0v) is 41.6. The molecule has 0 unspecified atom stereocenters. The molecule has 3 aromatic rings. The van der Waals surface area contributed by atoms with Crippen LogP contribution in [-0.2, 0) is 51.2 Å². The molecule has 0 N–H and O–H groups in total. The average Bonchev–Trinajstić information content (AvgIpc) is 3.90. The largest absolute Gasteiger partial charge is 0.493 e. The number of benzene rings is 3. The molecule has 2 amide bonds. The maximum Gasteiger partial charge on any atom is 0.257 e. The number of nitrogens with zero attached hydrogens (tertiary/aromatic N) is 5. The van der Waals surface area contributed by atoms with Crippen molar-refractivity contribution in [1.29, 1.82) is 0 Å². The van der Waals surface area contributed by atoms with Crippen LogP contribution in [0, 0.1) is 0 Å². The Labute approximate surface area is 421 Å². The number of oxime groups is 1. The molecular weight excluding hydrogens is 931 g/mol. The van der Waals surface area contributed by atoms with Crippen LogP contribution < -0.4 is 18.9 Å². The summed E-state index contributed by atoms with van der Waals surface area (Å²) in [5.41, 5.74) is 6.13. The van der Waals surface area contributed by atoms with Crippen molar-refractivity contribution in [2.45, 2.75) is 45.1 Å². The molecule has 0 aromatic heterocycles. The van der Waals surface area contributed by atoms with Gasteiger partial charge in [0.1, 0.15) is 19.8 Å². The van der Waals surface area contributed by atoms with E-state index in [1.54, 1.807) is 52.7 Å². The van der Waals surface area contributed by atoms with E-state index >= 15 is 0 Å². The third-order valence-corrected chi connectivity index (χ3v) is 11.8. The predicted molar refractivity (Wildman–Crippen MR) is 270 cm³/mol. The second-order valence-electron chi connectivity index (χ2n) is 17.1. The van der Waals surface area contributed by atoms with Crippen molar-refractivity contribution < 1.29 is 66.5 Å². The van der Waals surface area contributed by atoms with Crippen molar-refractivity contribution in [3.8, 4) is 23.0 Å². The van der Waals surface area contributed by atoms with E-state index in [0.717, 1.165) is 27.8 Å². The molecule has 0 bridgehead atoms. The summed E-state index contributed by atoms with van der Waals surface area (Å²) >= 11 is 0. The Bertz CT molecular complexity index is 2280. The van der Waals surface area contributed by atoms with Crippen molar-refractivity contribution in [2.24, 2.45) is 15.1 Å². The van der Waals surface area contributed by atoms with Gasteiger partial charge < -0.3 is 66.7 Å². The molecule has 0 aliphatic carbocycles. The van der Waals surface area contributed by atoms with Gasteiger partial charge in [0.2, 0.25) is 0 Å². The van der Waals surface area contributed by atoms with Crippen LogP contribution >= 0.6 is 0 Å². The topological polar surface area (TPSA) is 188 Å². The molecule has 19 nitrogen and oxygen atoms in total. The summed E-state index contributed by atoms with van der Waals surface area (Å²) in [6.07, 6.45) is 6.54. The predicted octanol–water partition coefficient (Wildman–Crippen LogP) is 6.32. The summed E-state index contributed by atoms with van der Waals surface area (Å²) < 4.78 is 62.6. The highest BCUT2D eigenvalue weighted by Gasteiger charge is 2.35. The first-order valence-electron chi connectivity index (χ1n) is 24.3. The third-order valence-electron chi connectivity index (χ3n) is 11.8. The highest BCUT2D eigenvalue weighted by Crippen LogP contribution is 2.40. The van der Waals surface area contributed by atoms with Crippen LogP contribution in [0.2, 0.25) is 0 Å². The van der Waals surface area contributed by atoms with Gasteiger partial charge in [-0.3, -0.25) is 19.6 Å². The summed E-state index contributed by atoms with van der Waals surface area (Å²) in [6.45, 7) is 18.4. The molecule has 2 saturated heterocycles. The van der Waals surface area contributed by atoms with E-state index in [2.05, 4.69) is 28.3 Å². The van der Waals surface area contributed by atoms with E-state index in [-0.39, 0.29) is 43.7 Å². The number of aliphatic imine (C=N–C) groups is 2. The lowest BCUT2D eigenvalue weighted by Gasteiger charge is -2.20. The monoisotopic (exact) mass is 997 g/mol. The highest BCUT2D eigenvalue weighted by atomic mass is 16.6. The third kappa shape index (κ3) is 15.4. The molecule has 0 saturated carbocycles. The summed E-state index contributed by atoms with van der Waals surface area (Å²) in [4.78, 5) is 45.6. The second-order valence-corrected chi connectivity index (χ2v) is 17.1. The van der Waals surface area contributed by atoms with Gasteiger partial charge in [-0.1, -0.05) is 29.5 Å². The van der Waals surface area contributed by atoms with Crippen LogP contribution in [0.5, 0.6) is 23.0 Å². The molecule has 4 heterocycles. The number of rotatable bonds is 32. The van der Waals surface area contributed by atoms with Gasteiger partial charge in [-0.05, 0) is 66.8 Å². The van der Waals surface area contributed by atoms with Gasteiger partial charge in [-0.2, -0.15) is 0 Å². The summed E-state index contributed by atoms with van der Waals surface area (Å²) in [5.74, 6) is 1.38. The van der Waals surface area contributed by atoms with Gasteiger partial charge in [0.05, 0.1) is 141 Å². The lowest BCUT2D eigenvalue weighted by molar-refractivity contribution is -0.0227. The average molecular weight is 998 g/mol. The van der Waals surface area contributed by atoms with Crippen molar-refractivity contribution in [3.63, 3.8) is 0 Å². The van der Waals surface area contributed by atoms with E-state index in [0.29, 0.717) is 164 Å². The Morgan fingerprint density at radius 3 is 1.36 bits per heavy atom. The Balaban J connectivity index is 0.892. The van der Waals surface area contributed by atoms with Crippen LogP contribution in [0.4, 0.5) is 11.4 Å². The molecule has 4 aliphatic rings. The first kappa shape index (κ1) is 53.6. The first-order valence-corrected chi connectivity index (χ1v) is 24.3. The van der Waals surface area contributed by atoms with E-state index in [9.17, 15) is 9.59 Å².